The van der Waals surface area contributed by atoms with Crippen molar-refractivity contribution in [1.82, 2.24) is 0 Å². The van der Waals surface area contributed by atoms with E-state index in [4.69, 9.17) is 14.2 Å². The van der Waals surface area contributed by atoms with Crippen LogP contribution in [0.5, 0.6) is 0 Å². The highest BCUT2D eigenvalue weighted by molar-refractivity contribution is 5.88. The zero-order valence-corrected chi connectivity index (χ0v) is 23.9. The van der Waals surface area contributed by atoms with E-state index >= 15 is 0 Å². The van der Waals surface area contributed by atoms with Crippen LogP contribution in [0, 0.1) is 16.2 Å². The molecular weight excluding hydrogens is 520 g/mol. The lowest BCUT2D eigenvalue weighted by atomic mass is 9.46. The molecule has 2 heterocycles. The van der Waals surface area contributed by atoms with Gasteiger partial charge in [0.2, 0.25) is 6.29 Å². The number of hydrogen-bond acceptors (Lipinski definition) is 10. The van der Waals surface area contributed by atoms with Gasteiger partial charge < -0.3 is 39.4 Å². The number of cyclic esters (lactones) is 1. The molecule has 1 saturated carbocycles. The molecule has 10 nitrogen and oxygen atoms in total. The second-order valence-corrected chi connectivity index (χ2v) is 12.4. The van der Waals surface area contributed by atoms with Gasteiger partial charge in [-0.1, -0.05) is 30.7 Å². The van der Waals surface area contributed by atoms with Gasteiger partial charge in [-0.05, 0) is 65.9 Å². The lowest BCUT2D eigenvalue weighted by molar-refractivity contribution is -0.291. The third-order valence-electron chi connectivity index (χ3n) is 10.3. The zero-order valence-electron chi connectivity index (χ0n) is 23.9. The van der Waals surface area contributed by atoms with E-state index in [1.54, 1.807) is 19.1 Å². The van der Waals surface area contributed by atoms with Gasteiger partial charge in [0.15, 0.2) is 0 Å². The van der Waals surface area contributed by atoms with Gasteiger partial charge in [0.1, 0.15) is 35.8 Å². The van der Waals surface area contributed by atoms with Gasteiger partial charge in [0, 0.05) is 22.8 Å². The van der Waals surface area contributed by atoms with Crippen molar-refractivity contribution < 1.29 is 49.0 Å². The molecule has 2 bridgehead atoms. The number of aliphatic hydroxyl groups excluding tert-OH is 4. The van der Waals surface area contributed by atoms with E-state index < -0.39 is 65.1 Å². The van der Waals surface area contributed by atoms with E-state index in [0.717, 1.165) is 6.42 Å². The van der Waals surface area contributed by atoms with E-state index in [9.17, 15) is 34.8 Å². The number of aliphatic hydroxyl groups is 4. The van der Waals surface area contributed by atoms with Crippen molar-refractivity contribution in [2.45, 2.75) is 109 Å². The Labute approximate surface area is 234 Å². The minimum atomic E-state index is -1.71. The lowest BCUT2D eigenvalue weighted by Gasteiger charge is -2.61. The number of allylic oxidation sites excluding steroid dienone is 4. The van der Waals surface area contributed by atoms with Crippen molar-refractivity contribution in [3.63, 3.8) is 0 Å². The number of carbonyl (C=O) groups is 3. The maximum absolute atomic E-state index is 13.8. The highest BCUT2D eigenvalue weighted by Crippen LogP contribution is 2.76. The standard InChI is InChI=1S/C30H42O10/c1-17-8-11-29-14-13-27(4,30(29,12-9-17)15-19(3)32)28(5,40-26(29)37)10-6-7-18(2)24(36)39-25-23(35)22(34)21(33)20(16-31)38-25/h6-8,10,20-23,25,31,33-35H,9,11-16H2,1-5H3/b10-6?,18-7+/t20-,21-,22+,23-,25+,27+,28-,29-,30+/m1/s1. The summed E-state index contributed by atoms with van der Waals surface area (Å²) in [4.78, 5) is 39.2. The topological polar surface area (TPSA) is 160 Å². The van der Waals surface area contributed by atoms with Gasteiger partial charge in [-0.2, -0.15) is 0 Å². The van der Waals surface area contributed by atoms with Crippen LogP contribution in [0.25, 0.3) is 0 Å². The molecule has 222 valence electrons. The van der Waals surface area contributed by atoms with Gasteiger partial charge >= 0.3 is 11.9 Å². The fourth-order valence-electron chi connectivity index (χ4n) is 7.55. The minimum Gasteiger partial charge on any atom is -0.454 e. The number of carbonyl (C=O) groups excluding carboxylic acids is 3. The van der Waals surface area contributed by atoms with Crippen LogP contribution in [0.2, 0.25) is 0 Å². The van der Waals surface area contributed by atoms with Gasteiger partial charge in [-0.3, -0.25) is 4.79 Å². The summed E-state index contributed by atoms with van der Waals surface area (Å²) in [5.41, 5.74) is -1.56. The normalized spacial score (nSPS) is 43.5. The summed E-state index contributed by atoms with van der Waals surface area (Å²) in [5.74, 6) is -1.08. The van der Waals surface area contributed by atoms with Gasteiger partial charge in [0.25, 0.3) is 0 Å². The number of ether oxygens (including phenoxy) is 3. The second-order valence-electron chi connectivity index (χ2n) is 12.4. The molecule has 0 aromatic heterocycles. The third-order valence-corrected chi connectivity index (χ3v) is 10.3. The molecule has 0 radical (unpaired) electrons. The molecule has 0 spiro atoms. The highest BCUT2D eigenvalue weighted by Gasteiger charge is 2.77. The van der Waals surface area contributed by atoms with Crippen LogP contribution >= 0.6 is 0 Å². The summed E-state index contributed by atoms with van der Waals surface area (Å²) in [7, 11) is 0. The molecule has 40 heavy (non-hydrogen) atoms. The maximum Gasteiger partial charge on any atom is 0.336 e. The Morgan fingerprint density at radius 3 is 2.45 bits per heavy atom. The molecule has 0 aromatic rings. The summed E-state index contributed by atoms with van der Waals surface area (Å²) < 4.78 is 16.7. The van der Waals surface area contributed by atoms with Crippen LogP contribution in [0.4, 0.5) is 0 Å². The summed E-state index contributed by atoms with van der Waals surface area (Å²) >= 11 is 0. The van der Waals surface area contributed by atoms with E-state index in [2.05, 4.69) is 19.9 Å². The summed E-state index contributed by atoms with van der Waals surface area (Å²) in [5, 5.41) is 39.4. The van der Waals surface area contributed by atoms with Crippen molar-refractivity contribution >= 4 is 17.7 Å². The number of rotatable bonds is 7. The predicted octanol–water partition coefficient (Wildman–Crippen LogP) is 2.03. The molecule has 4 rings (SSSR count). The van der Waals surface area contributed by atoms with Crippen molar-refractivity contribution in [3.8, 4) is 0 Å². The molecule has 2 saturated heterocycles. The first-order chi connectivity index (χ1) is 18.7. The lowest BCUT2D eigenvalue weighted by Crippen LogP contribution is -2.65. The largest absolute Gasteiger partial charge is 0.454 e. The van der Waals surface area contributed by atoms with Crippen LogP contribution in [0.3, 0.4) is 0 Å². The quantitative estimate of drug-likeness (QED) is 0.156. The Hall–Kier alpha value is -2.37. The average Bonchev–Trinajstić information content (AvgIpc) is 2.98. The zero-order chi connectivity index (χ0) is 29.7. The molecular formula is C30H42O10. The van der Waals surface area contributed by atoms with E-state index in [1.165, 1.54) is 18.6 Å². The first-order valence-corrected chi connectivity index (χ1v) is 13.9. The van der Waals surface area contributed by atoms with E-state index in [-0.39, 0.29) is 17.3 Å². The van der Waals surface area contributed by atoms with Crippen LogP contribution in [-0.4, -0.2) is 81.1 Å². The average molecular weight is 563 g/mol. The Morgan fingerprint density at radius 2 is 1.80 bits per heavy atom. The molecule has 10 heteroatoms. The maximum atomic E-state index is 13.8. The van der Waals surface area contributed by atoms with Gasteiger partial charge in [0.05, 0.1) is 12.0 Å². The van der Waals surface area contributed by atoms with Crippen molar-refractivity contribution in [2.75, 3.05) is 6.61 Å². The summed E-state index contributed by atoms with van der Waals surface area (Å²) in [6.07, 6.45) is 2.99. The fourth-order valence-corrected chi connectivity index (χ4v) is 7.55. The Kier molecular flexibility index (Phi) is 8.26. The van der Waals surface area contributed by atoms with Crippen LogP contribution in [-0.2, 0) is 28.6 Å². The number of ketones is 1. The van der Waals surface area contributed by atoms with Crippen molar-refractivity contribution in [3.05, 3.63) is 35.5 Å². The van der Waals surface area contributed by atoms with E-state index in [0.29, 0.717) is 32.1 Å². The summed E-state index contributed by atoms with van der Waals surface area (Å²) in [6, 6.07) is 0. The third kappa shape index (κ3) is 4.58. The molecule has 4 aliphatic rings. The van der Waals surface area contributed by atoms with Gasteiger partial charge in [-0.15, -0.1) is 0 Å². The number of hydrogen-bond donors (Lipinski definition) is 4. The molecule has 0 aromatic carbocycles. The highest BCUT2D eigenvalue weighted by atomic mass is 16.7. The van der Waals surface area contributed by atoms with E-state index in [1.807, 2.05) is 6.92 Å². The second kappa shape index (κ2) is 10.8. The monoisotopic (exact) mass is 562 g/mol. The first-order valence-electron chi connectivity index (χ1n) is 13.9. The van der Waals surface area contributed by atoms with Crippen LogP contribution in [0.1, 0.15) is 73.1 Å². The fraction of sp³-hybridized carbons (Fsp3) is 0.700. The van der Waals surface area contributed by atoms with Crippen molar-refractivity contribution in [1.29, 1.82) is 0 Å². The van der Waals surface area contributed by atoms with Crippen LogP contribution in [0.15, 0.2) is 35.5 Å². The SMILES string of the molecule is CC(=O)C[C@]12CCC(C)=CC[C@]13CC[C@@]2(C)[C@@](C)(C=C/C=C(\C)C(=O)O[C@@H]1O[C@H](CO)[C@@H](O)[C@H](O)[C@H]1O)OC3=O. The summed E-state index contributed by atoms with van der Waals surface area (Å²) in [6.45, 7) is 8.46. The first kappa shape index (κ1) is 30.6. The van der Waals surface area contributed by atoms with Gasteiger partial charge in [-0.25, -0.2) is 4.79 Å². The molecule has 0 amide bonds. The number of Topliss-reactive ketones (excluding diaryl/α,β-unsaturated/α-hetero) is 1. The van der Waals surface area contributed by atoms with Crippen LogP contribution < -0.4 is 0 Å². The molecule has 2 aliphatic heterocycles. The Morgan fingerprint density at radius 1 is 1.10 bits per heavy atom. The predicted molar refractivity (Wildman–Crippen MR) is 142 cm³/mol. The molecule has 9 atom stereocenters. The Bertz CT molecular complexity index is 1140. The Balaban J connectivity index is 1.58. The molecule has 4 N–H and O–H groups in total. The molecule has 0 unspecified atom stereocenters. The molecule has 2 aliphatic carbocycles. The van der Waals surface area contributed by atoms with Crippen molar-refractivity contribution in [2.24, 2.45) is 16.2 Å². The molecule has 3 fully saturated rings. The minimum absolute atomic E-state index is 0.0461. The number of esters is 2. The smallest absolute Gasteiger partial charge is 0.336 e.